The Bertz CT molecular complexity index is 810. The number of nitrogens with one attached hydrogen (secondary N) is 3. The van der Waals surface area contributed by atoms with E-state index in [0.717, 1.165) is 0 Å². The number of primary amides is 1. The Kier molecular flexibility index (Phi) is 5.97. The molecule has 8 heteroatoms. The third kappa shape index (κ3) is 5.22. The number of halogens is 1. The van der Waals surface area contributed by atoms with Gasteiger partial charge >= 0.3 is 6.03 Å². The number of benzene rings is 2. The van der Waals surface area contributed by atoms with Crippen molar-refractivity contribution in [3.63, 3.8) is 0 Å². The zero-order valence-electron chi connectivity index (χ0n) is 13.4. The van der Waals surface area contributed by atoms with E-state index in [9.17, 15) is 14.4 Å². The fraction of sp³-hybridized carbons (Fsp3) is 0.118. The third-order valence-corrected chi connectivity index (χ3v) is 3.59. The summed E-state index contributed by atoms with van der Waals surface area (Å²) in [6.45, 7) is 1.55. The van der Waals surface area contributed by atoms with Crippen LogP contribution in [0.15, 0.2) is 48.5 Å². The van der Waals surface area contributed by atoms with E-state index in [1.807, 2.05) is 0 Å². The van der Waals surface area contributed by atoms with Crippen molar-refractivity contribution < 1.29 is 14.4 Å². The number of hydrogen-bond donors (Lipinski definition) is 4. The summed E-state index contributed by atoms with van der Waals surface area (Å²) < 4.78 is 0. The minimum atomic E-state index is -0.795. The lowest BCUT2D eigenvalue weighted by atomic mass is 10.2. The van der Waals surface area contributed by atoms with E-state index in [0.29, 0.717) is 16.4 Å². The maximum Gasteiger partial charge on any atom is 0.316 e. The van der Waals surface area contributed by atoms with Gasteiger partial charge in [-0.25, -0.2) is 4.79 Å². The zero-order chi connectivity index (χ0) is 18.4. The van der Waals surface area contributed by atoms with Gasteiger partial charge < -0.3 is 21.7 Å². The second kappa shape index (κ2) is 8.16. The van der Waals surface area contributed by atoms with Crippen LogP contribution in [0.2, 0.25) is 5.02 Å². The molecule has 0 saturated carbocycles. The first-order valence-corrected chi connectivity index (χ1v) is 7.77. The molecule has 0 fully saturated rings. The lowest BCUT2D eigenvalue weighted by Crippen LogP contribution is -2.41. The topological polar surface area (TPSA) is 113 Å². The van der Waals surface area contributed by atoms with Crippen LogP contribution in [0.4, 0.5) is 16.2 Å². The molecule has 2 rings (SSSR count). The zero-order valence-corrected chi connectivity index (χ0v) is 14.1. The molecule has 4 amide bonds. The van der Waals surface area contributed by atoms with Crippen molar-refractivity contribution in [2.45, 2.75) is 13.0 Å². The Morgan fingerprint density at radius 1 is 1.00 bits per heavy atom. The predicted molar refractivity (Wildman–Crippen MR) is 96.7 cm³/mol. The van der Waals surface area contributed by atoms with Crippen molar-refractivity contribution in [1.82, 2.24) is 5.32 Å². The SMILES string of the molecule is CC(NC(=O)c1ccccc1Cl)C(=O)Nc1cccc(NC(N)=O)c1. The number of amides is 4. The van der Waals surface area contributed by atoms with Crippen LogP contribution in [-0.2, 0) is 4.79 Å². The summed E-state index contributed by atoms with van der Waals surface area (Å²) in [6, 6.07) is 11.5. The van der Waals surface area contributed by atoms with Gasteiger partial charge in [0.1, 0.15) is 6.04 Å². The molecule has 25 heavy (non-hydrogen) atoms. The first-order valence-electron chi connectivity index (χ1n) is 7.39. The van der Waals surface area contributed by atoms with Crippen LogP contribution in [-0.4, -0.2) is 23.9 Å². The molecule has 0 spiro atoms. The Hall–Kier alpha value is -3.06. The summed E-state index contributed by atoms with van der Waals surface area (Å²) in [5.74, 6) is -0.867. The summed E-state index contributed by atoms with van der Waals surface area (Å²) in [7, 11) is 0. The van der Waals surface area contributed by atoms with Gasteiger partial charge in [-0.05, 0) is 37.3 Å². The van der Waals surface area contributed by atoms with Crippen molar-refractivity contribution in [2.24, 2.45) is 5.73 Å². The van der Waals surface area contributed by atoms with Gasteiger partial charge in [0.25, 0.3) is 5.91 Å². The third-order valence-electron chi connectivity index (χ3n) is 3.26. The van der Waals surface area contributed by atoms with Crippen molar-refractivity contribution in [3.05, 3.63) is 59.1 Å². The molecule has 0 radical (unpaired) electrons. The molecule has 7 nitrogen and oxygen atoms in total. The smallest absolute Gasteiger partial charge is 0.316 e. The molecule has 0 aromatic heterocycles. The maximum absolute atomic E-state index is 12.2. The standard InChI is InChI=1S/C17H17ClN4O3/c1-10(20-16(24)13-7-2-3-8-14(13)18)15(23)21-11-5-4-6-12(9-11)22-17(19)25/h2-10H,1H3,(H,20,24)(H,21,23)(H3,19,22,25). The molecule has 1 unspecified atom stereocenters. The Labute approximate surface area is 149 Å². The van der Waals surface area contributed by atoms with E-state index in [-0.39, 0.29) is 5.56 Å². The summed E-state index contributed by atoms with van der Waals surface area (Å²) in [6.07, 6.45) is 0. The van der Waals surface area contributed by atoms with Gasteiger partial charge in [-0.3, -0.25) is 9.59 Å². The second-order valence-corrected chi connectivity index (χ2v) is 5.64. The predicted octanol–water partition coefficient (Wildman–Crippen LogP) is 2.59. The minimum absolute atomic E-state index is 0.288. The molecular weight excluding hydrogens is 344 g/mol. The van der Waals surface area contributed by atoms with Crippen LogP contribution in [0.25, 0.3) is 0 Å². The van der Waals surface area contributed by atoms with Gasteiger partial charge in [-0.15, -0.1) is 0 Å². The van der Waals surface area contributed by atoms with Gasteiger partial charge in [-0.2, -0.15) is 0 Å². The average molecular weight is 361 g/mol. The number of rotatable bonds is 5. The van der Waals surface area contributed by atoms with E-state index in [2.05, 4.69) is 16.0 Å². The van der Waals surface area contributed by atoms with Crippen molar-refractivity contribution in [1.29, 1.82) is 0 Å². The highest BCUT2D eigenvalue weighted by Crippen LogP contribution is 2.16. The van der Waals surface area contributed by atoms with E-state index in [4.69, 9.17) is 17.3 Å². The van der Waals surface area contributed by atoms with Crippen LogP contribution in [0.3, 0.4) is 0 Å². The molecule has 0 heterocycles. The highest BCUT2D eigenvalue weighted by atomic mass is 35.5. The fourth-order valence-electron chi connectivity index (χ4n) is 2.05. The van der Waals surface area contributed by atoms with Gasteiger partial charge in [0.15, 0.2) is 0 Å². The number of anilines is 2. The maximum atomic E-state index is 12.2. The average Bonchev–Trinajstić information content (AvgIpc) is 2.54. The molecule has 1 atom stereocenters. The summed E-state index contributed by atoms with van der Waals surface area (Å²) >= 11 is 5.96. The quantitative estimate of drug-likeness (QED) is 0.657. The molecule has 0 aliphatic heterocycles. The fourth-order valence-corrected chi connectivity index (χ4v) is 2.27. The molecular formula is C17H17ClN4O3. The highest BCUT2D eigenvalue weighted by molar-refractivity contribution is 6.33. The molecule has 130 valence electrons. The number of hydrogen-bond acceptors (Lipinski definition) is 3. The summed E-state index contributed by atoms with van der Waals surface area (Å²) in [5, 5.41) is 7.94. The second-order valence-electron chi connectivity index (χ2n) is 5.23. The molecule has 0 bridgehead atoms. The van der Waals surface area contributed by atoms with E-state index in [1.165, 1.54) is 0 Å². The van der Waals surface area contributed by atoms with E-state index in [1.54, 1.807) is 55.5 Å². The lowest BCUT2D eigenvalue weighted by molar-refractivity contribution is -0.117. The molecule has 2 aromatic rings. The van der Waals surface area contributed by atoms with Crippen LogP contribution >= 0.6 is 11.6 Å². The van der Waals surface area contributed by atoms with Crippen molar-refractivity contribution >= 4 is 40.8 Å². The molecule has 2 aromatic carbocycles. The van der Waals surface area contributed by atoms with Crippen molar-refractivity contribution in [3.8, 4) is 0 Å². The van der Waals surface area contributed by atoms with Gasteiger partial charge in [-0.1, -0.05) is 29.8 Å². The molecule has 0 aliphatic rings. The molecule has 0 aliphatic carbocycles. The lowest BCUT2D eigenvalue weighted by Gasteiger charge is -2.15. The van der Waals surface area contributed by atoms with Gasteiger partial charge in [0, 0.05) is 11.4 Å². The first kappa shape index (κ1) is 18.3. The minimum Gasteiger partial charge on any atom is -0.351 e. The number of carbonyl (C=O) groups excluding carboxylic acids is 3. The largest absolute Gasteiger partial charge is 0.351 e. The van der Waals surface area contributed by atoms with E-state index >= 15 is 0 Å². The molecule has 5 N–H and O–H groups in total. The van der Waals surface area contributed by atoms with Crippen LogP contribution in [0.5, 0.6) is 0 Å². The Balaban J connectivity index is 2.00. The monoisotopic (exact) mass is 360 g/mol. The summed E-state index contributed by atoms with van der Waals surface area (Å²) in [5.41, 5.74) is 6.24. The summed E-state index contributed by atoms with van der Waals surface area (Å²) in [4.78, 5) is 35.3. The number of urea groups is 1. The Morgan fingerprint density at radius 2 is 1.64 bits per heavy atom. The first-order chi connectivity index (χ1) is 11.9. The Morgan fingerprint density at radius 3 is 2.28 bits per heavy atom. The van der Waals surface area contributed by atoms with Gasteiger partial charge in [0.05, 0.1) is 10.6 Å². The highest BCUT2D eigenvalue weighted by Gasteiger charge is 2.18. The normalized spacial score (nSPS) is 11.3. The van der Waals surface area contributed by atoms with Crippen molar-refractivity contribution in [2.75, 3.05) is 10.6 Å². The van der Waals surface area contributed by atoms with Crippen LogP contribution in [0, 0.1) is 0 Å². The number of carbonyl (C=O) groups is 3. The number of nitrogens with two attached hydrogens (primary N) is 1. The van der Waals surface area contributed by atoms with Crippen LogP contribution in [0.1, 0.15) is 17.3 Å². The van der Waals surface area contributed by atoms with Crippen LogP contribution < -0.4 is 21.7 Å². The molecule has 0 saturated heterocycles. The van der Waals surface area contributed by atoms with E-state index < -0.39 is 23.9 Å². The van der Waals surface area contributed by atoms with Gasteiger partial charge in [0.2, 0.25) is 5.91 Å².